The molecule has 27 heavy (non-hydrogen) atoms. The largest absolute Gasteiger partial charge is 0.361 e. The highest BCUT2D eigenvalue weighted by Gasteiger charge is 2.45. The molecule has 142 valence electrons. The predicted octanol–water partition coefficient (Wildman–Crippen LogP) is 2.33. The molecule has 0 aliphatic carbocycles. The molecule has 2 amide bonds. The first-order valence-corrected chi connectivity index (χ1v) is 9.21. The van der Waals surface area contributed by atoms with Gasteiger partial charge in [-0.05, 0) is 38.8 Å². The van der Waals surface area contributed by atoms with Crippen molar-refractivity contribution in [2.45, 2.75) is 32.3 Å². The van der Waals surface area contributed by atoms with Crippen molar-refractivity contribution in [2.24, 2.45) is 0 Å². The van der Waals surface area contributed by atoms with E-state index in [0.29, 0.717) is 36.7 Å². The molecule has 3 heterocycles. The number of hydrogen-bond donors (Lipinski definition) is 0. The van der Waals surface area contributed by atoms with E-state index < -0.39 is 5.60 Å². The molecule has 2 aromatic rings. The Morgan fingerprint density at radius 1 is 1.19 bits per heavy atom. The van der Waals surface area contributed by atoms with Crippen molar-refractivity contribution in [1.29, 1.82) is 0 Å². The maximum Gasteiger partial charge on any atom is 0.259 e. The zero-order valence-electron chi connectivity index (χ0n) is 15.6. The van der Waals surface area contributed by atoms with Gasteiger partial charge in [0.05, 0.1) is 18.8 Å². The minimum Gasteiger partial charge on any atom is -0.361 e. The van der Waals surface area contributed by atoms with E-state index in [2.05, 4.69) is 5.16 Å². The smallest absolute Gasteiger partial charge is 0.259 e. The molecule has 0 N–H and O–H groups in total. The fourth-order valence-corrected chi connectivity index (χ4v) is 4.02. The van der Waals surface area contributed by atoms with E-state index >= 15 is 0 Å². The number of aryl methyl sites for hydroxylation is 2. The number of anilines is 1. The summed E-state index contributed by atoms with van der Waals surface area (Å²) < 4.78 is 11.2. The van der Waals surface area contributed by atoms with Gasteiger partial charge in [0, 0.05) is 12.2 Å². The van der Waals surface area contributed by atoms with Crippen LogP contribution in [0.25, 0.3) is 0 Å². The number of amides is 2. The lowest BCUT2D eigenvalue weighted by molar-refractivity contribution is -0.144. The summed E-state index contributed by atoms with van der Waals surface area (Å²) in [5, 5.41) is 3.89. The summed E-state index contributed by atoms with van der Waals surface area (Å²) in [6, 6.07) is 9.60. The Balaban J connectivity index is 1.56. The van der Waals surface area contributed by atoms with Gasteiger partial charge in [0.15, 0.2) is 0 Å². The highest BCUT2D eigenvalue weighted by Crippen LogP contribution is 2.32. The summed E-state index contributed by atoms with van der Waals surface area (Å²) in [4.78, 5) is 29.0. The van der Waals surface area contributed by atoms with Crippen molar-refractivity contribution in [3.63, 3.8) is 0 Å². The van der Waals surface area contributed by atoms with Gasteiger partial charge in [0.2, 0.25) is 0 Å². The van der Waals surface area contributed by atoms with E-state index in [9.17, 15) is 9.59 Å². The number of piperidine rings is 1. The van der Waals surface area contributed by atoms with E-state index in [4.69, 9.17) is 9.26 Å². The van der Waals surface area contributed by atoms with E-state index in [1.807, 2.05) is 30.3 Å². The minimum absolute atomic E-state index is 0.0300. The lowest BCUT2D eigenvalue weighted by Gasteiger charge is -2.47. The third-order valence-corrected chi connectivity index (χ3v) is 5.39. The van der Waals surface area contributed by atoms with Crippen LogP contribution in [0.3, 0.4) is 0 Å². The zero-order valence-corrected chi connectivity index (χ0v) is 15.6. The highest BCUT2D eigenvalue weighted by molar-refractivity contribution is 5.97. The molecule has 0 saturated carbocycles. The van der Waals surface area contributed by atoms with Gasteiger partial charge in [-0.25, -0.2) is 0 Å². The molecule has 7 nitrogen and oxygen atoms in total. The van der Waals surface area contributed by atoms with Crippen molar-refractivity contribution in [3.8, 4) is 0 Å². The van der Waals surface area contributed by atoms with Crippen molar-refractivity contribution in [1.82, 2.24) is 10.1 Å². The molecule has 2 fully saturated rings. The predicted molar refractivity (Wildman–Crippen MR) is 98.6 cm³/mol. The van der Waals surface area contributed by atoms with Crippen LogP contribution in [0.2, 0.25) is 0 Å². The fourth-order valence-electron chi connectivity index (χ4n) is 4.02. The topological polar surface area (TPSA) is 75.9 Å². The molecule has 1 atom stereocenters. The molecule has 0 bridgehead atoms. The quantitative estimate of drug-likeness (QED) is 0.812. The molecule has 0 radical (unpaired) electrons. The monoisotopic (exact) mass is 369 g/mol. The van der Waals surface area contributed by atoms with Gasteiger partial charge in [-0.3, -0.25) is 9.59 Å². The van der Waals surface area contributed by atoms with Gasteiger partial charge in [-0.1, -0.05) is 23.4 Å². The first kappa shape index (κ1) is 17.7. The summed E-state index contributed by atoms with van der Waals surface area (Å²) in [5.74, 6) is 0.390. The molecule has 2 aliphatic heterocycles. The van der Waals surface area contributed by atoms with Gasteiger partial charge in [0.25, 0.3) is 11.8 Å². The van der Waals surface area contributed by atoms with Crippen LogP contribution in [-0.4, -0.2) is 53.7 Å². The molecule has 7 heteroatoms. The summed E-state index contributed by atoms with van der Waals surface area (Å²) in [5.41, 5.74) is 1.44. The Morgan fingerprint density at radius 3 is 2.67 bits per heavy atom. The number of aromatic nitrogens is 1. The number of para-hydroxylation sites is 1. The van der Waals surface area contributed by atoms with E-state index in [-0.39, 0.29) is 18.4 Å². The number of carbonyl (C=O) groups excluding carboxylic acids is 2. The minimum atomic E-state index is -0.545. The third-order valence-electron chi connectivity index (χ3n) is 5.39. The first-order chi connectivity index (χ1) is 13.0. The Bertz CT molecular complexity index is 844. The molecule has 1 unspecified atom stereocenters. The van der Waals surface area contributed by atoms with Crippen LogP contribution >= 0.6 is 0 Å². The van der Waals surface area contributed by atoms with Crippen molar-refractivity contribution in [3.05, 3.63) is 47.3 Å². The number of hydrogen-bond acceptors (Lipinski definition) is 5. The van der Waals surface area contributed by atoms with Gasteiger partial charge < -0.3 is 19.1 Å². The first-order valence-electron chi connectivity index (χ1n) is 9.21. The lowest BCUT2D eigenvalue weighted by Crippen LogP contribution is -2.62. The SMILES string of the molecule is Cc1noc(C)c1C(=O)N1CCCC2(C1)CN(c1ccccc1)C(=O)CO2. The third kappa shape index (κ3) is 3.23. The average molecular weight is 369 g/mol. The number of benzene rings is 1. The van der Waals surface area contributed by atoms with Crippen LogP contribution in [-0.2, 0) is 9.53 Å². The van der Waals surface area contributed by atoms with Crippen LogP contribution < -0.4 is 4.90 Å². The van der Waals surface area contributed by atoms with Gasteiger partial charge in [-0.15, -0.1) is 0 Å². The van der Waals surface area contributed by atoms with Gasteiger partial charge in [-0.2, -0.15) is 0 Å². The summed E-state index contributed by atoms with van der Waals surface area (Å²) in [6.07, 6.45) is 1.64. The second-order valence-corrected chi connectivity index (χ2v) is 7.32. The maximum atomic E-state index is 13.0. The molecular weight excluding hydrogens is 346 g/mol. The van der Waals surface area contributed by atoms with Crippen LogP contribution in [0.15, 0.2) is 34.9 Å². The number of ether oxygens (including phenoxy) is 1. The number of likely N-dealkylation sites (tertiary alicyclic amines) is 1. The standard InChI is InChI=1S/C20H23N3O4/c1-14-18(15(2)27-21-14)19(25)22-10-6-9-20(12-22)13-23(17(24)11-26-20)16-7-4-3-5-8-16/h3-5,7-8H,6,9-13H2,1-2H3. The van der Waals surface area contributed by atoms with E-state index in [1.165, 1.54) is 0 Å². The van der Waals surface area contributed by atoms with Gasteiger partial charge >= 0.3 is 0 Å². The highest BCUT2D eigenvalue weighted by atomic mass is 16.5. The van der Waals surface area contributed by atoms with Crippen molar-refractivity contribution < 1.29 is 18.8 Å². The second kappa shape index (κ2) is 6.81. The van der Waals surface area contributed by atoms with E-state index in [0.717, 1.165) is 18.5 Å². The van der Waals surface area contributed by atoms with E-state index in [1.54, 1.807) is 23.6 Å². The second-order valence-electron chi connectivity index (χ2n) is 7.32. The zero-order chi connectivity index (χ0) is 19.0. The van der Waals surface area contributed by atoms with Crippen molar-refractivity contribution in [2.75, 3.05) is 31.1 Å². The Kier molecular flexibility index (Phi) is 4.47. The Labute approximate surface area is 157 Å². The Morgan fingerprint density at radius 2 is 1.96 bits per heavy atom. The normalized spacial score (nSPS) is 23.1. The van der Waals surface area contributed by atoms with Crippen LogP contribution in [0.4, 0.5) is 5.69 Å². The summed E-state index contributed by atoms with van der Waals surface area (Å²) >= 11 is 0. The summed E-state index contributed by atoms with van der Waals surface area (Å²) in [6.45, 7) is 5.11. The number of nitrogens with zero attached hydrogens (tertiary/aromatic N) is 3. The molecule has 1 aromatic carbocycles. The molecular formula is C20H23N3O4. The molecule has 1 spiro atoms. The van der Waals surface area contributed by atoms with Crippen molar-refractivity contribution >= 4 is 17.5 Å². The lowest BCUT2D eigenvalue weighted by atomic mass is 9.90. The Hall–Kier alpha value is -2.67. The average Bonchev–Trinajstić information content (AvgIpc) is 3.02. The van der Waals surface area contributed by atoms with Crippen LogP contribution in [0.5, 0.6) is 0 Å². The van der Waals surface area contributed by atoms with Crippen LogP contribution in [0, 0.1) is 13.8 Å². The number of rotatable bonds is 2. The summed E-state index contributed by atoms with van der Waals surface area (Å²) in [7, 11) is 0. The van der Waals surface area contributed by atoms with Crippen LogP contribution in [0.1, 0.15) is 34.7 Å². The molecule has 2 saturated heterocycles. The fraction of sp³-hybridized carbons (Fsp3) is 0.450. The number of carbonyl (C=O) groups is 2. The molecule has 4 rings (SSSR count). The molecule has 2 aliphatic rings. The maximum absolute atomic E-state index is 13.0. The molecule has 1 aromatic heterocycles. The number of morpholine rings is 1. The van der Waals surface area contributed by atoms with Gasteiger partial charge in [0.1, 0.15) is 23.5 Å².